The van der Waals surface area contributed by atoms with Gasteiger partial charge in [-0.25, -0.2) is 4.79 Å². The van der Waals surface area contributed by atoms with Gasteiger partial charge in [0.1, 0.15) is 12.2 Å². The lowest BCUT2D eigenvalue weighted by atomic mass is 9.51. The fraction of sp³-hybridized carbons (Fsp3) is 0.900. The molecule has 1 aliphatic heterocycles. The molecule has 5 rings (SSSR count). The summed E-state index contributed by atoms with van der Waals surface area (Å²) in [6.45, 7) is 4.31. The number of hydrogen-bond acceptors (Lipinski definition) is 6. The van der Waals surface area contributed by atoms with Crippen molar-refractivity contribution in [3.63, 3.8) is 0 Å². The van der Waals surface area contributed by atoms with Gasteiger partial charge in [0.25, 0.3) is 0 Å². The summed E-state index contributed by atoms with van der Waals surface area (Å²) in [4.78, 5) is 24.2. The first-order valence-corrected chi connectivity index (χ1v) is 10.0. The third-order valence-electron chi connectivity index (χ3n) is 6.79. The van der Waals surface area contributed by atoms with Gasteiger partial charge >= 0.3 is 17.9 Å². The van der Waals surface area contributed by atoms with Crippen molar-refractivity contribution >= 4 is 11.9 Å². The van der Waals surface area contributed by atoms with Crippen LogP contribution in [0.1, 0.15) is 52.9 Å². The summed E-state index contributed by atoms with van der Waals surface area (Å²) in [6.07, 6.45) is 4.22. The molecule has 8 heteroatoms. The van der Waals surface area contributed by atoms with E-state index < -0.39 is 41.3 Å². The van der Waals surface area contributed by atoms with Crippen LogP contribution in [-0.2, 0) is 28.5 Å². The van der Waals surface area contributed by atoms with E-state index in [-0.39, 0.29) is 11.8 Å². The molecule has 5 aliphatic rings. The molecule has 1 spiro atoms. The number of esters is 2. The molecule has 2 unspecified atom stereocenters. The third kappa shape index (κ3) is 3.22. The zero-order valence-electron chi connectivity index (χ0n) is 16.6. The smallest absolute Gasteiger partial charge is 0.376 e. The lowest BCUT2D eigenvalue weighted by Crippen LogP contribution is -2.65. The van der Waals surface area contributed by atoms with Gasteiger partial charge < -0.3 is 18.9 Å². The maximum absolute atomic E-state index is 13.0. The molecular formula is C20H28F2O6. The first kappa shape index (κ1) is 20.0. The summed E-state index contributed by atoms with van der Waals surface area (Å²) in [5, 5.41) is 0. The number of ether oxygens (including phenoxy) is 4. The summed E-state index contributed by atoms with van der Waals surface area (Å²) < 4.78 is 48.8. The van der Waals surface area contributed by atoms with Crippen LogP contribution in [0.2, 0.25) is 0 Å². The number of rotatable bonds is 5. The van der Waals surface area contributed by atoms with Crippen molar-refractivity contribution < 1.29 is 37.3 Å². The van der Waals surface area contributed by atoms with Gasteiger partial charge in [-0.3, -0.25) is 4.79 Å². The molecule has 28 heavy (non-hydrogen) atoms. The second-order valence-corrected chi connectivity index (χ2v) is 9.68. The molecule has 0 N–H and O–H groups in total. The maximum Gasteiger partial charge on any atom is 0.376 e. The van der Waals surface area contributed by atoms with E-state index in [1.807, 2.05) is 0 Å². The fourth-order valence-corrected chi connectivity index (χ4v) is 5.66. The quantitative estimate of drug-likeness (QED) is 0.658. The number of halogens is 2. The van der Waals surface area contributed by atoms with Crippen LogP contribution in [0.5, 0.6) is 0 Å². The zero-order valence-corrected chi connectivity index (χ0v) is 16.6. The normalized spacial score (nSPS) is 36.0. The van der Waals surface area contributed by atoms with Gasteiger partial charge in [-0.15, -0.1) is 0 Å². The largest absolute Gasteiger partial charge is 0.460 e. The number of carbonyl (C=O) groups is 2. The molecule has 0 aromatic heterocycles. The maximum atomic E-state index is 13.0. The van der Waals surface area contributed by atoms with Gasteiger partial charge in [-0.1, -0.05) is 0 Å². The van der Waals surface area contributed by atoms with E-state index in [2.05, 4.69) is 4.74 Å². The van der Waals surface area contributed by atoms with E-state index in [1.165, 1.54) is 0 Å². The molecule has 1 saturated heterocycles. The molecule has 6 nitrogen and oxygen atoms in total. The van der Waals surface area contributed by atoms with Gasteiger partial charge in [0.05, 0.1) is 18.6 Å². The average Bonchev–Trinajstić information content (AvgIpc) is 3.06. The van der Waals surface area contributed by atoms with Gasteiger partial charge in [-0.05, 0) is 51.9 Å². The molecule has 0 aromatic rings. The minimum Gasteiger partial charge on any atom is -0.460 e. The Balaban J connectivity index is 1.43. The highest BCUT2D eigenvalue weighted by Gasteiger charge is 2.66. The predicted molar refractivity (Wildman–Crippen MR) is 92.4 cm³/mol. The highest BCUT2D eigenvalue weighted by atomic mass is 19.3. The highest BCUT2D eigenvalue weighted by Crippen LogP contribution is 2.63. The molecular weight excluding hydrogens is 374 g/mol. The van der Waals surface area contributed by atoms with E-state index in [9.17, 15) is 18.4 Å². The fourth-order valence-electron chi connectivity index (χ4n) is 5.66. The van der Waals surface area contributed by atoms with Gasteiger partial charge in [0, 0.05) is 18.8 Å². The van der Waals surface area contributed by atoms with Crippen molar-refractivity contribution in [3.8, 4) is 0 Å². The van der Waals surface area contributed by atoms with Gasteiger partial charge in [0.2, 0.25) is 0 Å². The first-order chi connectivity index (χ1) is 13.0. The Morgan fingerprint density at radius 1 is 1.00 bits per heavy atom. The summed E-state index contributed by atoms with van der Waals surface area (Å²) in [5.74, 6) is -5.39. The molecule has 4 bridgehead atoms. The zero-order chi connectivity index (χ0) is 20.4. The standard InChI is InChI=1S/C20H28F2O6/c1-17(2,11-25-16(24)18(3,21)22)15(23)28-19-8-12-6-13(9-19)20(14(7-12)10-19)26-4-5-27-20/h12-14H,4-11H2,1-3H3. The summed E-state index contributed by atoms with van der Waals surface area (Å²) >= 11 is 0. The Hall–Kier alpha value is -1.28. The van der Waals surface area contributed by atoms with Crippen LogP contribution in [0, 0.1) is 23.2 Å². The first-order valence-electron chi connectivity index (χ1n) is 10.0. The van der Waals surface area contributed by atoms with Crippen molar-refractivity contribution in [1.29, 1.82) is 0 Å². The Morgan fingerprint density at radius 3 is 2.11 bits per heavy atom. The van der Waals surface area contributed by atoms with E-state index in [0.717, 1.165) is 19.3 Å². The second-order valence-electron chi connectivity index (χ2n) is 9.68. The number of alkyl halides is 2. The second kappa shape index (κ2) is 6.36. The lowest BCUT2D eigenvalue weighted by molar-refractivity contribution is -0.316. The van der Waals surface area contributed by atoms with E-state index in [1.54, 1.807) is 13.8 Å². The molecule has 1 heterocycles. The molecule has 2 atom stereocenters. The summed E-state index contributed by atoms with van der Waals surface area (Å²) in [5.41, 5.74) is -1.77. The van der Waals surface area contributed by atoms with Crippen molar-refractivity contribution in [2.24, 2.45) is 23.2 Å². The van der Waals surface area contributed by atoms with Crippen LogP contribution >= 0.6 is 0 Å². The number of carbonyl (C=O) groups excluding carboxylic acids is 2. The monoisotopic (exact) mass is 402 g/mol. The lowest BCUT2D eigenvalue weighted by Gasteiger charge is -2.62. The summed E-state index contributed by atoms with van der Waals surface area (Å²) in [7, 11) is 0. The molecule has 158 valence electrons. The van der Waals surface area contributed by atoms with Gasteiger partial charge in [0.15, 0.2) is 5.79 Å². The van der Waals surface area contributed by atoms with Crippen LogP contribution in [0.15, 0.2) is 0 Å². The Bertz CT molecular complexity index is 646. The van der Waals surface area contributed by atoms with Crippen molar-refractivity contribution in [3.05, 3.63) is 0 Å². The minimum absolute atomic E-state index is 0.203. The highest BCUT2D eigenvalue weighted by molar-refractivity contribution is 5.79. The van der Waals surface area contributed by atoms with Gasteiger partial charge in [-0.2, -0.15) is 8.78 Å². The molecule has 5 fully saturated rings. The van der Waals surface area contributed by atoms with Crippen molar-refractivity contribution in [2.45, 2.75) is 70.2 Å². The molecule has 0 aromatic carbocycles. The van der Waals surface area contributed by atoms with Crippen LogP contribution < -0.4 is 0 Å². The number of hydrogen-bond donors (Lipinski definition) is 0. The molecule has 4 aliphatic carbocycles. The van der Waals surface area contributed by atoms with Crippen LogP contribution in [-0.4, -0.2) is 49.1 Å². The summed E-state index contributed by atoms with van der Waals surface area (Å²) in [6, 6.07) is 0. The minimum atomic E-state index is -3.59. The van der Waals surface area contributed by atoms with Crippen LogP contribution in [0.4, 0.5) is 8.78 Å². The topological polar surface area (TPSA) is 71.1 Å². The van der Waals surface area contributed by atoms with Crippen LogP contribution in [0.25, 0.3) is 0 Å². The third-order valence-corrected chi connectivity index (χ3v) is 6.79. The SMILES string of the molecule is CC(F)(F)C(=O)OCC(C)(C)C(=O)OC12CC3CC(C1)C1(OCCO1)C(C3)C2. The Labute approximate surface area is 163 Å². The average molecular weight is 402 g/mol. The Kier molecular flexibility index (Phi) is 4.54. The molecule has 4 saturated carbocycles. The van der Waals surface area contributed by atoms with Crippen LogP contribution in [0.3, 0.4) is 0 Å². The molecule has 0 radical (unpaired) electrons. The van der Waals surface area contributed by atoms with E-state index in [0.29, 0.717) is 38.9 Å². The Morgan fingerprint density at radius 2 is 1.57 bits per heavy atom. The van der Waals surface area contributed by atoms with Crippen molar-refractivity contribution in [1.82, 2.24) is 0 Å². The molecule has 0 amide bonds. The van der Waals surface area contributed by atoms with Crippen molar-refractivity contribution in [2.75, 3.05) is 19.8 Å². The van der Waals surface area contributed by atoms with E-state index >= 15 is 0 Å². The van der Waals surface area contributed by atoms with E-state index in [4.69, 9.17) is 14.2 Å². The predicted octanol–water partition coefficient (Wildman–Crippen LogP) is 3.08.